The second kappa shape index (κ2) is 6.34. The summed E-state index contributed by atoms with van der Waals surface area (Å²) in [5, 5.41) is 3.17. The molecule has 106 valence electrons. The quantitative estimate of drug-likeness (QED) is 0.854. The van der Waals surface area contributed by atoms with E-state index < -0.39 is 5.97 Å². The van der Waals surface area contributed by atoms with E-state index in [1.54, 1.807) is 25.1 Å². The first-order chi connectivity index (χ1) is 9.60. The van der Waals surface area contributed by atoms with Crippen LogP contribution < -0.4 is 5.32 Å². The Bertz CT molecular complexity index is 590. The minimum atomic E-state index is -0.406. The van der Waals surface area contributed by atoms with Gasteiger partial charge in [-0.3, -0.25) is 0 Å². The second-order valence-corrected chi connectivity index (χ2v) is 4.40. The van der Waals surface area contributed by atoms with Crippen molar-refractivity contribution < 1.29 is 18.3 Å². The Morgan fingerprint density at radius 1 is 1.30 bits per heavy atom. The van der Waals surface area contributed by atoms with Crippen molar-refractivity contribution in [2.24, 2.45) is 0 Å². The molecular weight excluding hydrogens is 261 g/mol. The largest absolute Gasteiger partial charge is 0.465 e. The zero-order valence-corrected chi connectivity index (χ0v) is 11.4. The highest BCUT2D eigenvalue weighted by Gasteiger charge is 2.14. The van der Waals surface area contributed by atoms with Gasteiger partial charge < -0.3 is 14.5 Å². The number of benzene rings is 1. The molecule has 2 aromatic rings. The lowest BCUT2D eigenvalue weighted by Gasteiger charge is -2.02. The Morgan fingerprint density at radius 3 is 2.65 bits per heavy atom. The molecule has 1 aromatic carbocycles. The lowest BCUT2D eigenvalue weighted by molar-refractivity contribution is 0.0599. The number of methoxy groups -OCH3 is 1. The van der Waals surface area contributed by atoms with Gasteiger partial charge in [-0.15, -0.1) is 0 Å². The van der Waals surface area contributed by atoms with Crippen LogP contribution in [0.15, 0.2) is 34.7 Å². The Labute approximate surface area is 116 Å². The number of hydrogen-bond donors (Lipinski definition) is 1. The van der Waals surface area contributed by atoms with Crippen molar-refractivity contribution in [2.45, 2.75) is 20.0 Å². The lowest BCUT2D eigenvalue weighted by Crippen LogP contribution is -2.12. The molecule has 0 saturated heterocycles. The fourth-order valence-electron chi connectivity index (χ4n) is 1.88. The van der Waals surface area contributed by atoms with Gasteiger partial charge >= 0.3 is 5.97 Å². The van der Waals surface area contributed by atoms with Crippen LogP contribution in [0.25, 0.3) is 0 Å². The van der Waals surface area contributed by atoms with Gasteiger partial charge in [0.1, 0.15) is 22.9 Å². The van der Waals surface area contributed by atoms with Crippen molar-refractivity contribution in [1.82, 2.24) is 5.32 Å². The van der Waals surface area contributed by atoms with E-state index in [4.69, 9.17) is 4.42 Å². The minimum absolute atomic E-state index is 0.252. The van der Waals surface area contributed by atoms with E-state index in [1.807, 2.05) is 0 Å². The number of esters is 1. The summed E-state index contributed by atoms with van der Waals surface area (Å²) in [5.74, 6) is 0.537. The number of nitrogens with one attached hydrogen (secondary N) is 1. The summed E-state index contributed by atoms with van der Waals surface area (Å²) in [5.41, 5.74) is 1.41. The van der Waals surface area contributed by atoms with Crippen LogP contribution in [0.1, 0.15) is 27.4 Å². The number of carbonyl (C=O) groups excluding carboxylic acids is 1. The summed E-state index contributed by atoms with van der Waals surface area (Å²) >= 11 is 0. The number of ether oxygens (including phenoxy) is 1. The van der Waals surface area contributed by atoms with E-state index in [1.165, 1.54) is 19.2 Å². The number of aryl methyl sites for hydroxylation is 1. The van der Waals surface area contributed by atoms with Gasteiger partial charge in [-0.25, -0.2) is 9.18 Å². The average molecular weight is 277 g/mol. The van der Waals surface area contributed by atoms with Crippen molar-refractivity contribution >= 4 is 5.97 Å². The van der Waals surface area contributed by atoms with Gasteiger partial charge in [-0.2, -0.15) is 0 Å². The highest BCUT2D eigenvalue weighted by Crippen LogP contribution is 2.15. The lowest BCUT2D eigenvalue weighted by atomic mass is 10.2. The first kappa shape index (κ1) is 14.3. The molecule has 0 bridgehead atoms. The summed E-state index contributed by atoms with van der Waals surface area (Å²) in [6.07, 6.45) is 0. The fourth-order valence-corrected chi connectivity index (χ4v) is 1.88. The molecule has 20 heavy (non-hydrogen) atoms. The molecule has 0 aliphatic carbocycles. The van der Waals surface area contributed by atoms with Crippen molar-refractivity contribution in [3.63, 3.8) is 0 Å². The van der Waals surface area contributed by atoms with E-state index in [-0.39, 0.29) is 5.82 Å². The molecule has 0 aliphatic rings. The van der Waals surface area contributed by atoms with E-state index in [9.17, 15) is 9.18 Å². The fraction of sp³-hybridized carbons (Fsp3) is 0.267. The molecule has 0 radical (unpaired) electrons. The maximum atomic E-state index is 12.8. The van der Waals surface area contributed by atoms with Gasteiger partial charge in [-0.05, 0) is 30.7 Å². The van der Waals surface area contributed by atoms with Crippen LogP contribution in [0.3, 0.4) is 0 Å². The molecule has 0 atom stereocenters. The van der Waals surface area contributed by atoms with Crippen molar-refractivity contribution in [3.8, 4) is 0 Å². The molecule has 0 aliphatic heterocycles. The summed E-state index contributed by atoms with van der Waals surface area (Å²) in [4.78, 5) is 11.4. The summed E-state index contributed by atoms with van der Waals surface area (Å²) in [7, 11) is 1.33. The zero-order valence-electron chi connectivity index (χ0n) is 11.4. The van der Waals surface area contributed by atoms with Crippen LogP contribution in [0.4, 0.5) is 4.39 Å². The SMILES string of the molecule is COC(=O)c1cc(CNCc2ccc(F)cc2)oc1C. The highest BCUT2D eigenvalue weighted by atomic mass is 19.1. The van der Waals surface area contributed by atoms with E-state index in [2.05, 4.69) is 10.1 Å². The number of carbonyl (C=O) groups is 1. The third-order valence-corrected chi connectivity index (χ3v) is 2.92. The smallest absolute Gasteiger partial charge is 0.341 e. The number of halogens is 1. The molecule has 1 N–H and O–H groups in total. The maximum Gasteiger partial charge on any atom is 0.341 e. The molecule has 5 heteroatoms. The topological polar surface area (TPSA) is 51.5 Å². The predicted molar refractivity (Wildman–Crippen MR) is 71.7 cm³/mol. The third kappa shape index (κ3) is 3.45. The number of rotatable bonds is 5. The Morgan fingerprint density at radius 2 is 2.00 bits per heavy atom. The molecule has 2 rings (SSSR count). The van der Waals surface area contributed by atoms with E-state index in [0.717, 1.165) is 5.56 Å². The maximum absolute atomic E-state index is 12.8. The van der Waals surface area contributed by atoms with Crippen LogP contribution in [0, 0.1) is 12.7 Å². The van der Waals surface area contributed by atoms with Crippen molar-refractivity contribution in [2.75, 3.05) is 7.11 Å². The average Bonchev–Trinajstić information content (AvgIpc) is 2.81. The van der Waals surface area contributed by atoms with Crippen LogP contribution in [0.2, 0.25) is 0 Å². The molecule has 0 amide bonds. The van der Waals surface area contributed by atoms with Crippen molar-refractivity contribution in [1.29, 1.82) is 0 Å². The first-order valence-corrected chi connectivity index (χ1v) is 6.23. The monoisotopic (exact) mass is 277 g/mol. The highest BCUT2D eigenvalue weighted by molar-refractivity contribution is 5.90. The Hall–Kier alpha value is -2.14. The van der Waals surface area contributed by atoms with Gasteiger partial charge in [0.05, 0.1) is 13.7 Å². The van der Waals surface area contributed by atoms with Gasteiger partial charge in [0.25, 0.3) is 0 Å². The van der Waals surface area contributed by atoms with Crippen LogP contribution in [-0.4, -0.2) is 13.1 Å². The summed E-state index contributed by atoms with van der Waals surface area (Å²) in [6, 6.07) is 7.94. The molecule has 0 fully saturated rings. The van der Waals surface area contributed by atoms with E-state index >= 15 is 0 Å². The van der Waals surface area contributed by atoms with E-state index in [0.29, 0.717) is 30.2 Å². The number of hydrogen-bond acceptors (Lipinski definition) is 4. The predicted octanol–water partition coefficient (Wildman–Crippen LogP) is 2.80. The van der Waals surface area contributed by atoms with Crippen molar-refractivity contribution in [3.05, 3.63) is 58.8 Å². The van der Waals surface area contributed by atoms with Crippen LogP contribution in [0.5, 0.6) is 0 Å². The third-order valence-electron chi connectivity index (χ3n) is 2.92. The minimum Gasteiger partial charge on any atom is -0.465 e. The normalized spacial score (nSPS) is 10.6. The van der Waals surface area contributed by atoms with Crippen LogP contribution >= 0.6 is 0 Å². The Balaban J connectivity index is 1.91. The van der Waals surface area contributed by atoms with Gasteiger partial charge in [0.15, 0.2) is 0 Å². The van der Waals surface area contributed by atoms with Gasteiger partial charge in [0, 0.05) is 6.54 Å². The Kier molecular flexibility index (Phi) is 4.53. The molecule has 1 heterocycles. The molecular formula is C15H16FNO3. The summed E-state index contributed by atoms with van der Waals surface area (Å²) < 4.78 is 22.9. The van der Waals surface area contributed by atoms with Crippen LogP contribution in [-0.2, 0) is 17.8 Å². The van der Waals surface area contributed by atoms with Gasteiger partial charge in [-0.1, -0.05) is 12.1 Å². The molecule has 1 aromatic heterocycles. The van der Waals surface area contributed by atoms with Gasteiger partial charge in [0.2, 0.25) is 0 Å². The first-order valence-electron chi connectivity index (χ1n) is 6.23. The molecule has 0 unspecified atom stereocenters. The standard InChI is InChI=1S/C15H16FNO3/c1-10-14(15(18)19-2)7-13(20-10)9-17-8-11-3-5-12(16)6-4-11/h3-7,17H,8-9H2,1-2H3. The summed E-state index contributed by atoms with van der Waals surface area (Å²) in [6.45, 7) is 2.79. The molecule has 0 saturated carbocycles. The zero-order chi connectivity index (χ0) is 14.5. The molecule has 0 spiro atoms. The molecule has 4 nitrogen and oxygen atoms in total. The second-order valence-electron chi connectivity index (χ2n) is 4.40. The number of furan rings is 1.